The first kappa shape index (κ1) is 9.93. The molecular formula is C10H13FN2S. The van der Waals surface area contributed by atoms with E-state index in [1.807, 2.05) is 18.7 Å². The van der Waals surface area contributed by atoms with Crippen molar-refractivity contribution in [2.45, 2.75) is 19.0 Å². The largest absolute Gasteiger partial charge is 0.306 e. The Morgan fingerprint density at radius 2 is 2.43 bits per heavy atom. The van der Waals surface area contributed by atoms with Crippen LogP contribution in [0.5, 0.6) is 0 Å². The Kier molecular flexibility index (Phi) is 3.03. The minimum atomic E-state index is -0.223. The van der Waals surface area contributed by atoms with Crippen molar-refractivity contribution in [3.8, 4) is 0 Å². The fourth-order valence-electron chi connectivity index (χ4n) is 1.51. The lowest BCUT2D eigenvalue weighted by molar-refractivity contribution is 0.479. The van der Waals surface area contributed by atoms with Crippen LogP contribution in [-0.2, 0) is 0 Å². The molecule has 0 radical (unpaired) electrons. The molecule has 1 aliphatic rings. The number of aromatic nitrogens is 1. The third-order valence-electron chi connectivity index (χ3n) is 2.39. The predicted molar refractivity (Wildman–Crippen MR) is 56.9 cm³/mol. The molecule has 1 N–H and O–H groups in total. The van der Waals surface area contributed by atoms with Crippen LogP contribution in [0.4, 0.5) is 4.39 Å². The number of halogens is 1. The SMILES string of the molecule is CC(NC1CSC1)c1ccncc1F. The van der Waals surface area contributed by atoms with Crippen LogP contribution >= 0.6 is 11.8 Å². The molecule has 2 rings (SSSR count). The van der Waals surface area contributed by atoms with Crippen molar-refractivity contribution in [3.05, 3.63) is 29.8 Å². The molecular weight excluding hydrogens is 199 g/mol. The summed E-state index contributed by atoms with van der Waals surface area (Å²) in [4.78, 5) is 3.73. The van der Waals surface area contributed by atoms with E-state index in [2.05, 4.69) is 10.3 Å². The average molecular weight is 212 g/mol. The zero-order valence-electron chi connectivity index (χ0n) is 8.03. The first-order chi connectivity index (χ1) is 6.77. The van der Waals surface area contributed by atoms with Crippen LogP contribution in [0.3, 0.4) is 0 Å². The minimum absolute atomic E-state index is 0.0731. The van der Waals surface area contributed by atoms with Gasteiger partial charge in [-0.05, 0) is 13.0 Å². The predicted octanol–water partition coefficient (Wildman–Crippen LogP) is 1.99. The van der Waals surface area contributed by atoms with Gasteiger partial charge >= 0.3 is 0 Å². The molecule has 1 atom stereocenters. The van der Waals surface area contributed by atoms with Gasteiger partial charge in [0.05, 0.1) is 6.20 Å². The zero-order chi connectivity index (χ0) is 9.97. The Morgan fingerprint density at radius 3 is 3.00 bits per heavy atom. The molecule has 0 bridgehead atoms. The average Bonchev–Trinajstić information content (AvgIpc) is 2.12. The number of thioether (sulfide) groups is 1. The first-order valence-corrected chi connectivity index (χ1v) is 5.86. The smallest absolute Gasteiger partial charge is 0.146 e. The van der Waals surface area contributed by atoms with Gasteiger partial charge in [-0.1, -0.05) is 0 Å². The summed E-state index contributed by atoms with van der Waals surface area (Å²) < 4.78 is 13.3. The van der Waals surface area contributed by atoms with Crippen molar-refractivity contribution in [2.24, 2.45) is 0 Å². The van der Waals surface area contributed by atoms with E-state index in [4.69, 9.17) is 0 Å². The molecule has 76 valence electrons. The zero-order valence-corrected chi connectivity index (χ0v) is 8.85. The summed E-state index contributed by atoms with van der Waals surface area (Å²) in [6.07, 6.45) is 2.90. The van der Waals surface area contributed by atoms with E-state index in [-0.39, 0.29) is 11.9 Å². The van der Waals surface area contributed by atoms with Crippen LogP contribution < -0.4 is 5.32 Å². The Labute approximate surface area is 87.3 Å². The highest BCUT2D eigenvalue weighted by atomic mass is 32.2. The second-order valence-electron chi connectivity index (χ2n) is 3.52. The van der Waals surface area contributed by atoms with Crippen LogP contribution in [0.25, 0.3) is 0 Å². The lowest BCUT2D eigenvalue weighted by Gasteiger charge is -2.29. The highest BCUT2D eigenvalue weighted by Gasteiger charge is 2.21. The summed E-state index contributed by atoms with van der Waals surface area (Å²) >= 11 is 1.92. The standard InChI is InChI=1S/C10H13FN2S/c1-7(13-8-5-14-6-8)9-2-3-12-4-10(9)11/h2-4,7-8,13H,5-6H2,1H3. The van der Waals surface area contributed by atoms with Crippen LogP contribution in [0.1, 0.15) is 18.5 Å². The molecule has 4 heteroatoms. The van der Waals surface area contributed by atoms with Gasteiger partial charge in [0.15, 0.2) is 0 Å². The van der Waals surface area contributed by atoms with E-state index >= 15 is 0 Å². The highest BCUT2D eigenvalue weighted by Crippen LogP contribution is 2.22. The monoisotopic (exact) mass is 212 g/mol. The second kappa shape index (κ2) is 4.28. The summed E-state index contributed by atoms with van der Waals surface area (Å²) in [5, 5.41) is 3.38. The molecule has 1 aromatic rings. The minimum Gasteiger partial charge on any atom is -0.306 e. The van der Waals surface area contributed by atoms with E-state index in [9.17, 15) is 4.39 Å². The number of hydrogen-bond donors (Lipinski definition) is 1. The van der Waals surface area contributed by atoms with Crippen molar-refractivity contribution < 1.29 is 4.39 Å². The quantitative estimate of drug-likeness (QED) is 0.829. The second-order valence-corrected chi connectivity index (χ2v) is 4.59. The number of nitrogens with one attached hydrogen (secondary N) is 1. The van der Waals surface area contributed by atoms with Crippen LogP contribution in [0.15, 0.2) is 18.5 Å². The number of rotatable bonds is 3. The Balaban J connectivity index is 2.02. The van der Waals surface area contributed by atoms with Gasteiger partial charge in [-0.25, -0.2) is 4.39 Å². The molecule has 0 aromatic carbocycles. The topological polar surface area (TPSA) is 24.9 Å². The molecule has 1 aromatic heterocycles. The molecule has 1 fully saturated rings. The molecule has 14 heavy (non-hydrogen) atoms. The first-order valence-electron chi connectivity index (χ1n) is 4.70. The number of nitrogens with zero attached hydrogens (tertiary/aromatic N) is 1. The maximum absolute atomic E-state index is 13.3. The van der Waals surface area contributed by atoms with Crippen molar-refractivity contribution >= 4 is 11.8 Å². The summed E-state index contributed by atoms with van der Waals surface area (Å²) in [7, 11) is 0. The van der Waals surface area contributed by atoms with Gasteiger partial charge in [0.2, 0.25) is 0 Å². The maximum atomic E-state index is 13.3. The lowest BCUT2D eigenvalue weighted by atomic mass is 10.1. The van der Waals surface area contributed by atoms with Crippen LogP contribution in [0, 0.1) is 5.82 Å². The summed E-state index contributed by atoms with van der Waals surface area (Å²) in [5.74, 6) is 2.05. The van der Waals surface area contributed by atoms with Gasteiger partial charge in [0.25, 0.3) is 0 Å². The number of hydrogen-bond acceptors (Lipinski definition) is 3. The molecule has 0 spiro atoms. The van der Waals surface area contributed by atoms with Crippen molar-refractivity contribution in [2.75, 3.05) is 11.5 Å². The van der Waals surface area contributed by atoms with Crippen LogP contribution in [0.2, 0.25) is 0 Å². The van der Waals surface area contributed by atoms with Gasteiger partial charge in [-0.2, -0.15) is 11.8 Å². The number of pyridine rings is 1. The Hall–Kier alpha value is -0.610. The van der Waals surface area contributed by atoms with Crippen molar-refractivity contribution in [3.63, 3.8) is 0 Å². The normalized spacial score (nSPS) is 19.0. The third kappa shape index (κ3) is 2.07. The van der Waals surface area contributed by atoms with Crippen LogP contribution in [-0.4, -0.2) is 22.5 Å². The lowest BCUT2D eigenvalue weighted by Crippen LogP contribution is -2.41. The highest BCUT2D eigenvalue weighted by molar-refractivity contribution is 8.00. The summed E-state index contributed by atoms with van der Waals surface area (Å²) in [5.41, 5.74) is 0.705. The molecule has 1 aliphatic heterocycles. The molecule has 0 aliphatic carbocycles. The van der Waals surface area contributed by atoms with Crippen molar-refractivity contribution in [1.29, 1.82) is 0 Å². The van der Waals surface area contributed by atoms with Gasteiger partial charge in [0.1, 0.15) is 5.82 Å². The van der Waals surface area contributed by atoms with E-state index in [1.165, 1.54) is 6.20 Å². The Bertz CT molecular complexity index is 315. The Morgan fingerprint density at radius 1 is 1.64 bits per heavy atom. The fraction of sp³-hybridized carbons (Fsp3) is 0.500. The molecule has 0 amide bonds. The molecule has 0 saturated carbocycles. The van der Waals surface area contributed by atoms with E-state index < -0.39 is 0 Å². The van der Waals surface area contributed by atoms with E-state index in [0.717, 1.165) is 11.5 Å². The molecule has 1 saturated heterocycles. The molecule has 2 heterocycles. The van der Waals surface area contributed by atoms with E-state index in [0.29, 0.717) is 11.6 Å². The van der Waals surface area contributed by atoms with E-state index in [1.54, 1.807) is 12.3 Å². The van der Waals surface area contributed by atoms with Gasteiger partial charge in [-0.15, -0.1) is 0 Å². The molecule has 1 unspecified atom stereocenters. The molecule has 2 nitrogen and oxygen atoms in total. The van der Waals surface area contributed by atoms with Gasteiger partial charge in [-0.3, -0.25) is 4.98 Å². The summed E-state index contributed by atoms with van der Waals surface area (Å²) in [6, 6.07) is 2.35. The fourth-order valence-corrected chi connectivity index (χ4v) is 2.18. The summed E-state index contributed by atoms with van der Waals surface area (Å²) in [6.45, 7) is 1.99. The maximum Gasteiger partial charge on any atom is 0.146 e. The van der Waals surface area contributed by atoms with Gasteiger partial charge in [0, 0.05) is 35.3 Å². The third-order valence-corrected chi connectivity index (χ3v) is 3.67. The van der Waals surface area contributed by atoms with Gasteiger partial charge < -0.3 is 5.32 Å². The van der Waals surface area contributed by atoms with Crippen molar-refractivity contribution in [1.82, 2.24) is 10.3 Å².